The van der Waals surface area contributed by atoms with Gasteiger partial charge in [-0.1, -0.05) is 30.3 Å². The van der Waals surface area contributed by atoms with Gasteiger partial charge >= 0.3 is 5.97 Å². The van der Waals surface area contributed by atoms with Gasteiger partial charge in [-0.2, -0.15) is 0 Å². The molecule has 2 heterocycles. The third-order valence-electron chi connectivity index (χ3n) is 7.73. The van der Waals surface area contributed by atoms with Crippen LogP contribution in [-0.2, 0) is 12.8 Å². The number of aryl methyl sites for hydroxylation is 2. The second-order valence-electron chi connectivity index (χ2n) is 10.0. The van der Waals surface area contributed by atoms with Gasteiger partial charge in [-0.25, -0.2) is 19.2 Å². The van der Waals surface area contributed by atoms with Crippen LogP contribution in [0, 0.1) is 5.82 Å². The molecule has 0 radical (unpaired) electrons. The lowest BCUT2D eigenvalue weighted by atomic mass is 10.0. The standard InChI is InChI=1S/C30H29FN4O2/c31-27-13-9-21(17-26(27)29(36)37)25-5-3-4-22-18-32-30(34-28(22)25)33-23-10-6-19-7-11-24(12-8-20(19)16-23)35-14-1-2-15-35/h3-6,9-10,13,16-18,24H,1-2,7-8,11-12,14-15H2,(H,36,37)(H,32,33,34)/t24-/m0/s1. The topological polar surface area (TPSA) is 78.3 Å². The number of nitrogens with zero attached hydrogens (tertiary/aromatic N) is 3. The molecule has 7 heteroatoms. The van der Waals surface area contributed by atoms with Crippen LogP contribution in [0.2, 0.25) is 0 Å². The van der Waals surface area contributed by atoms with Crippen molar-refractivity contribution in [1.29, 1.82) is 0 Å². The van der Waals surface area contributed by atoms with Crippen molar-refractivity contribution in [2.24, 2.45) is 0 Å². The molecule has 1 fully saturated rings. The molecular formula is C30H29FN4O2. The number of hydrogen-bond donors (Lipinski definition) is 2. The van der Waals surface area contributed by atoms with E-state index in [4.69, 9.17) is 4.98 Å². The number of nitrogens with one attached hydrogen (secondary N) is 1. The van der Waals surface area contributed by atoms with E-state index in [1.807, 2.05) is 18.2 Å². The number of aromatic nitrogens is 2. The van der Waals surface area contributed by atoms with Gasteiger partial charge in [0.15, 0.2) is 0 Å². The molecule has 1 aromatic heterocycles. The van der Waals surface area contributed by atoms with Crippen LogP contribution in [-0.4, -0.2) is 45.1 Å². The first-order valence-electron chi connectivity index (χ1n) is 13.0. The third kappa shape index (κ3) is 4.79. The summed E-state index contributed by atoms with van der Waals surface area (Å²) in [5, 5.41) is 13.5. The van der Waals surface area contributed by atoms with Gasteiger partial charge in [0.2, 0.25) is 5.95 Å². The molecule has 1 saturated heterocycles. The Morgan fingerprint density at radius 1 is 1.00 bits per heavy atom. The second kappa shape index (κ2) is 9.90. The minimum atomic E-state index is -1.30. The number of carboxylic acids is 1. The molecule has 4 aromatic rings. The molecule has 37 heavy (non-hydrogen) atoms. The van der Waals surface area contributed by atoms with Gasteiger partial charge in [0.25, 0.3) is 0 Å². The molecule has 1 aliphatic carbocycles. The van der Waals surface area contributed by atoms with Gasteiger partial charge in [0.05, 0.1) is 11.1 Å². The molecule has 0 saturated carbocycles. The van der Waals surface area contributed by atoms with Gasteiger partial charge in [0, 0.05) is 28.9 Å². The van der Waals surface area contributed by atoms with Gasteiger partial charge in [0.1, 0.15) is 5.82 Å². The van der Waals surface area contributed by atoms with Crippen molar-refractivity contribution in [2.75, 3.05) is 18.4 Å². The van der Waals surface area contributed by atoms with E-state index in [9.17, 15) is 14.3 Å². The number of fused-ring (bicyclic) bond motifs is 2. The van der Waals surface area contributed by atoms with Crippen molar-refractivity contribution < 1.29 is 14.3 Å². The lowest BCUT2D eigenvalue weighted by Crippen LogP contribution is -2.32. The molecule has 1 atom stereocenters. The highest BCUT2D eigenvalue weighted by molar-refractivity contribution is 5.96. The number of halogens is 1. The smallest absolute Gasteiger partial charge is 0.338 e. The van der Waals surface area contributed by atoms with Crippen LogP contribution in [0.15, 0.2) is 60.8 Å². The average molecular weight is 497 g/mol. The number of carbonyl (C=O) groups is 1. The Balaban J connectivity index is 1.27. The highest BCUT2D eigenvalue weighted by Crippen LogP contribution is 2.31. The monoisotopic (exact) mass is 496 g/mol. The van der Waals surface area contributed by atoms with Crippen LogP contribution >= 0.6 is 0 Å². The maximum Gasteiger partial charge on any atom is 0.338 e. The molecular weight excluding hydrogens is 467 g/mol. The van der Waals surface area contributed by atoms with E-state index in [2.05, 4.69) is 33.4 Å². The molecule has 6 rings (SSSR count). The first-order valence-corrected chi connectivity index (χ1v) is 13.0. The molecule has 0 unspecified atom stereocenters. The summed E-state index contributed by atoms with van der Waals surface area (Å²) in [5.41, 5.74) is 5.39. The van der Waals surface area contributed by atoms with Crippen molar-refractivity contribution in [2.45, 2.75) is 44.6 Å². The Morgan fingerprint density at radius 3 is 2.62 bits per heavy atom. The Labute approximate surface area is 215 Å². The summed E-state index contributed by atoms with van der Waals surface area (Å²) in [6.07, 6.45) is 9.01. The molecule has 6 nitrogen and oxygen atoms in total. The molecule has 2 aliphatic rings. The summed E-state index contributed by atoms with van der Waals surface area (Å²) in [6.45, 7) is 2.48. The number of para-hydroxylation sites is 1. The maximum atomic E-state index is 14.0. The summed E-state index contributed by atoms with van der Waals surface area (Å²) in [4.78, 5) is 23.4. The van der Waals surface area contributed by atoms with E-state index >= 15 is 0 Å². The average Bonchev–Trinajstić information content (AvgIpc) is 3.36. The molecule has 2 N–H and O–H groups in total. The zero-order valence-electron chi connectivity index (χ0n) is 20.6. The summed E-state index contributed by atoms with van der Waals surface area (Å²) in [5.74, 6) is -1.60. The van der Waals surface area contributed by atoms with E-state index in [-0.39, 0.29) is 5.56 Å². The number of aromatic carboxylic acids is 1. The highest BCUT2D eigenvalue weighted by Gasteiger charge is 2.24. The van der Waals surface area contributed by atoms with Crippen LogP contribution in [0.25, 0.3) is 22.0 Å². The largest absolute Gasteiger partial charge is 0.478 e. The van der Waals surface area contributed by atoms with E-state index in [0.29, 0.717) is 23.1 Å². The van der Waals surface area contributed by atoms with Crippen LogP contribution in [0.4, 0.5) is 16.0 Å². The van der Waals surface area contributed by atoms with Gasteiger partial charge in [-0.3, -0.25) is 0 Å². The molecule has 3 aromatic carbocycles. The first kappa shape index (κ1) is 23.6. The van der Waals surface area contributed by atoms with E-state index in [1.165, 1.54) is 62.0 Å². The first-order chi connectivity index (χ1) is 18.0. The summed E-state index contributed by atoms with van der Waals surface area (Å²) in [7, 11) is 0. The maximum absolute atomic E-state index is 14.0. The Hall–Kier alpha value is -3.84. The molecule has 0 amide bonds. The number of likely N-dealkylation sites (tertiary alicyclic amines) is 1. The molecule has 1 aliphatic heterocycles. The van der Waals surface area contributed by atoms with Crippen LogP contribution in [0.5, 0.6) is 0 Å². The molecule has 0 bridgehead atoms. The van der Waals surface area contributed by atoms with E-state index in [1.54, 1.807) is 12.3 Å². The number of benzene rings is 3. The third-order valence-corrected chi connectivity index (χ3v) is 7.73. The fraction of sp³-hybridized carbons (Fsp3) is 0.300. The highest BCUT2D eigenvalue weighted by atomic mass is 19.1. The van der Waals surface area contributed by atoms with Crippen LogP contribution < -0.4 is 5.32 Å². The number of rotatable bonds is 5. The predicted octanol–water partition coefficient (Wildman–Crippen LogP) is 6.22. The Morgan fingerprint density at radius 2 is 1.81 bits per heavy atom. The number of anilines is 2. The van der Waals surface area contributed by atoms with Crippen molar-refractivity contribution >= 4 is 28.5 Å². The lowest BCUT2D eigenvalue weighted by Gasteiger charge is -2.25. The SMILES string of the molecule is O=C(O)c1cc(-c2cccc3cnc(Nc4ccc5c(c4)CC[C@@H](N4CCCC4)CC5)nc23)ccc1F. The van der Waals surface area contributed by atoms with Crippen LogP contribution in [0.1, 0.15) is 47.2 Å². The second-order valence-corrected chi connectivity index (χ2v) is 10.0. The normalized spacial score (nSPS) is 17.9. The fourth-order valence-corrected chi connectivity index (χ4v) is 5.78. The zero-order valence-corrected chi connectivity index (χ0v) is 20.6. The van der Waals surface area contributed by atoms with Gasteiger partial charge in [-0.05, 0) is 92.6 Å². The lowest BCUT2D eigenvalue weighted by molar-refractivity contribution is 0.0692. The summed E-state index contributed by atoms with van der Waals surface area (Å²) < 4.78 is 14.0. The summed E-state index contributed by atoms with van der Waals surface area (Å²) in [6, 6.07) is 17.0. The number of hydrogen-bond acceptors (Lipinski definition) is 5. The molecule has 188 valence electrons. The van der Waals surface area contributed by atoms with Crippen LogP contribution in [0.3, 0.4) is 0 Å². The van der Waals surface area contributed by atoms with Gasteiger partial charge < -0.3 is 15.3 Å². The quantitative estimate of drug-likeness (QED) is 0.319. The zero-order chi connectivity index (χ0) is 25.4. The fourth-order valence-electron chi connectivity index (χ4n) is 5.78. The number of carboxylic acid groups (broad SMARTS) is 1. The summed E-state index contributed by atoms with van der Waals surface area (Å²) >= 11 is 0. The van der Waals surface area contributed by atoms with Crippen molar-refractivity contribution in [3.63, 3.8) is 0 Å². The van der Waals surface area contributed by atoms with E-state index in [0.717, 1.165) is 29.5 Å². The van der Waals surface area contributed by atoms with Crippen molar-refractivity contribution in [3.05, 3.63) is 83.3 Å². The minimum absolute atomic E-state index is 0.362. The Bertz CT molecular complexity index is 1480. The minimum Gasteiger partial charge on any atom is -0.478 e. The Kier molecular flexibility index (Phi) is 6.30. The van der Waals surface area contributed by atoms with Gasteiger partial charge in [-0.15, -0.1) is 0 Å². The van der Waals surface area contributed by atoms with Crippen molar-refractivity contribution in [1.82, 2.24) is 14.9 Å². The van der Waals surface area contributed by atoms with E-state index < -0.39 is 11.8 Å². The predicted molar refractivity (Wildman–Crippen MR) is 143 cm³/mol. The van der Waals surface area contributed by atoms with Crippen molar-refractivity contribution in [3.8, 4) is 11.1 Å². The molecule has 0 spiro atoms.